The molecule has 2 nitrogen and oxygen atoms in total. The van der Waals surface area contributed by atoms with Crippen molar-refractivity contribution in [3.63, 3.8) is 0 Å². The second-order valence-electron chi connectivity index (χ2n) is 10.2. The van der Waals surface area contributed by atoms with E-state index in [-0.39, 0.29) is 29.3 Å². The topological polar surface area (TPSA) is 29.5 Å². The van der Waals surface area contributed by atoms with Crippen LogP contribution in [0.2, 0.25) is 0 Å². The van der Waals surface area contributed by atoms with Crippen LogP contribution in [0.3, 0.4) is 0 Å². The number of hydrogen-bond donors (Lipinski definition) is 1. The van der Waals surface area contributed by atoms with Gasteiger partial charge in [-0.25, -0.2) is 13.2 Å². The summed E-state index contributed by atoms with van der Waals surface area (Å²) in [5.74, 6) is -1.09. The Morgan fingerprint density at radius 1 is 0.865 bits per heavy atom. The molecule has 198 valence electrons. The zero-order valence-electron chi connectivity index (χ0n) is 21.8. The molecule has 1 aliphatic rings. The summed E-state index contributed by atoms with van der Waals surface area (Å²) >= 11 is 0. The summed E-state index contributed by atoms with van der Waals surface area (Å²) in [7, 11) is 0. The third-order valence-electron chi connectivity index (χ3n) is 7.74. The fourth-order valence-corrected chi connectivity index (χ4v) is 5.57. The first-order valence-electron chi connectivity index (χ1n) is 13.6. The van der Waals surface area contributed by atoms with Crippen LogP contribution in [0.25, 0.3) is 11.1 Å². The number of rotatable bonds is 10. The van der Waals surface area contributed by atoms with Crippen molar-refractivity contribution in [2.24, 2.45) is 5.92 Å². The first-order chi connectivity index (χ1) is 17.9. The maximum Gasteiger partial charge on any atom is 0.166 e. The van der Waals surface area contributed by atoms with Crippen LogP contribution in [0.4, 0.5) is 13.2 Å². The highest BCUT2D eigenvalue weighted by atomic mass is 19.2. The summed E-state index contributed by atoms with van der Waals surface area (Å²) in [6, 6.07) is 15.7. The molecule has 1 aliphatic carbocycles. The maximum absolute atomic E-state index is 15.1. The van der Waals surface area contributed by atoms with Crippen molar-refractivity contribution in [2.75, 3.05) is 6.61 Å². The van der Waals surface area contributed by atoms with Crippen molar-refractivity contribution in [2.45, 2.75) is 77.2 Å². The Kier molecular flexibility index (Phi) is 9.31. The van der Waals surface area contributed by atoms with E-state index in [0.717, 1.165) is 44.1 Å². The van der Waals surface area contributed by atoms with Gasteiger partial charge in [0.1, 0.15) is 11.6 Å². The Hall–Kier alpha value is -2.79. The lowest BCUT2D eigenvalue weighted by Gasteiger charge is -2.32. The van der Waals surface area contributed by atoms with Gasteiger partial charge in [-0.3, -0.25) is 0 Å². The normalized spacial score (nSPS) is 18.5. The van der Waals surface area contributed by atoms with Crippen LogP contribution >= 0.6 is 0 Å². The average molecular weight is 511 g/mol. The van der Waals surface area contributed by atoms with Gasteiger partial charge in [-0.15, -0.1) is 0 Å². The molecule has 0 spiro atoms. The molecule has 0 aliphatic heterocycles. The molecule has 0 heterocycles. The van der Waals surface area contributed by atoms with Crippen molar-refractivity contribution in [3.05, 3.63) is 88.7 Å². The van der Waals surface area contributed by atoms with Crippen molar-refractivity contribution in [3.8, 4) is 16.9 Å². The van der Waals surface area contributed by atoms with Gasteiger partial charge in [0, 0.05) is 11.6 Å². The van der Waals surface area contributed by atoms with Crippen molar-refractivity contribution < 1.29 is 23.0 Å². The maximum atomic E-state index is 15.1. The molecule has 1 N–H and O–H groups in total. The number of ether oxygens (including phenoxy) is 1. The molecule has 0 amide bonds. The van der Waals surface area contributed by atoms with Crippen LogP contribution < -0.4 is 4.74 Å². The highest BCUT2D eigenvalue weighted by molar-refractivity contribution is 5.65. The van der Waals surface area contributed by atoms with E-state index in [1.165, 1.54) is 6.07 Å². The fraction of sp³-hybridized carbons (Fsp3) is 0.438. The molecule has 3 aromatic rings. The number of hydrogen-bond acceptors (Lipinski definition) is 2. The zero-order chi connectivity index (χ0) is 26.4. The quantitative estimate of drug-likeness (QED) is 0.297. The van der Waals surface area contributed by atoms with Gasteiger partial charge in [0.2, 0.25) is 0 Å². The van der Waals surface area contributed by atoms with E-state index < -0.39 is 11.6 Å². The number of aryl methyl sites for hydroxylation is 2. The van der Waals surface area contributed by atoms with Gasteiger partial charge in [0.25, 0.3) is 0 Å². The van der Waals surface area contributed by atoms with E-state index in [9.17, 15) is 9.50 Å². The molecule has 0 bridgehead atoms. The second-order valence-corrected chi connectivity index (χ2v) is 10.2. The number of aliphatic hydroxyl groups is 1. The molecule has 1 atom stereocenters. The lowest BCUT2D eigenvalue weighted by atomic mass is 9.75. The Bertz CT molecular complexity index is 1170. The molecule has 5 heteroatoms. The summed E-state index contributed by atoms with van der Waals surface area (Å²) in [4.78, 5) is 0. The minimum absolute atomic E-state index is 0.0148. The van der Waals surface area contributed by atoms with E-state index in [2.05, 4.69) is 6.92 Å². The SMILES string of the molecule is CCCC(O)C1CCC(c2ccc(-c3ccc(CCc4ccc(OCC)cc4F)cc3)c(F)c2F)CC1. The summed E-state index contributed by atoms with van der Waals surface area (Å²) in [5, 5.41) is 10.3. The van der Waals surface area contributed by atoms with Crippen molar-refractivity contribution in [1.29, 1.82) is 0 Å². The highest BCUT2D eigenvalue weighted by Gasteiger charge is 2.29. The molecule has 0 aromatic heterocycles. The van der Waals surface area contributed by atoms with Crippen LogP contribution in [-0.2, 0) is 12.8 Å². The van der Waals surface area contributed by atoms with E-state index in [4.69, 9.17) is 4.74 Å². The minimum atomic E-state index is -0.810. The first kappa shape index (κ1) is 27.3. The van der Waals surface area contributed by atoms with E-state index in [1.54, 1.807) is 36.4 Å². The standard InChI is InChI=1S/C32H37F3O2/c1-3-5-30(36)25-14-12-23(13-15-25)28-19-18-27(31(34)32(28)35)22-9-6-21(7-10-22)8-11-24-16-17-26(37-4-2)20-29(24)33/h6-7,9-10,16-20,23,25,30,36H,3-5,8,11-15H2,1-2H3. The van der Waals surface area contributed by atoms with Crippen LogP contribution in [0.1, 0.15) is 75.0 Å². The first-order valence-corrected chi connectivity index (χ1v) is 13.6. The predicted octanol–water partition coefficient (Wildman–Crippen LogP) is 8.39. The smallest absolute Gasteiger partial charge is 0.166 e. The summed E-state index contributed by atoms with van der Waals surface area (Å²) in [6.45, 7) is 4.41. The summed E-state index contributed by atoms with van der Waals surface area (Å²) in [5.41, 5.74) is 2.92. The van der Waals surface area contributed by atoms with Gasteiger partial charge in [0.05, 0.1) is 12.7 Å². The van der Waals surface area contributed by atoms with Gasteiger partial charge in [-0.2, -0.15) is 0 Å². The number of halogens is 3. The second kappa shape index (κ2) is 12.6. The lowest BCUT2D eigenvalue weighted by Crippen LogP contribution is -2.25. The minimum Gasteiger partial charge on any atom is -0.494 e. The summed E-state index contributed by atoms with van der Waals surface area (Å²) < 4.78 is 49.9. The molecule has 3 aromatic carbocycles. The molecule has 0 radical (unpaired) electrons. The summed E-state index contributed by atoms with van der Waals surface area (Å²) in [6.07, 6.45) is 5.85. The van der Waals surface area contributed by atoms with Crippen LogP contribution in [0, 0.1) is 23.4 Å². The van der Waals surface area contributed by atoms with Gasteiger partial charge < -0.3 is 9.84 Å². The number of aliphatic hydroxyl groups excluding tert-OH is 1. The zero-order valence-corrected chi connectivity index (χ0v) is 21.8. The Labute approximate surface area is 218 Å². The van der Waals surface area contributed by atoms with Crippen LogP contribution in [0.5, 0.6) is 5.75 Å². The Balaban J connectivity index is 1.40. The lowest BCUT2D eigenvalue weighted by molar-refractivity contribution is 0.0727. The van der Waals surface area contributed by atoms with Gasteiger partial charge in [-0.05, 0) is 92.0 Å². The molecule has 1 fully saturated rings. The average Bonchev–Trinajstić information content (AvgIpc) is 2.91. The van der Waals surface area contributed by atoms with Crippen LogP contribution in [-0.4, -0.2) is 17.8 Å². The van der Waals surface area contributed by atoms with Gasteiger partial charge in [-0.1, -0.05) is 55.8 Å². The third-order valence-corrected chi connectivity index (χ3v) is 7.74. The Morgan fingerprint density at radius 3 is 2.24 bits per heavy atom. The Morgan fingerprint density at radius 2 is 1.59 bits per heavy atom. The molecule has 37 heavy (non-hydrogen) atoms. The van der Waals surface area contributed by atoms with E-state index >= 15 is 8.78 Å². The van der Waals surface area contributed by atoms with E-state index in [1.807, 2.05) is 19.1 Å². The molecular formula is C32H37F3O2. The van der Waals surface area contributed by atoms with Gasteiger partial charge >= 0.3 is 0 Å². The van der Waals surface area contributed by atoms with Crippen molar-refractivity contribution >= 4 is 0 Å². The van der Waals surface area contributed by atoms with Crippen molar-refractivity contribution in [1.82, 2.24) is 0 Å². The molecule has 0 saturated heterocycles. The molecular weight excluding hydrogens is 473 g/mol. The predicted molar refractivity (Wildman–Crippen MR) is 142 cm³/mol. The third kappa shape index (κ3) is 6.56. The largest absolute Gasteiger partial charge is 0.494 e. The molecule has 1 unspecified atom stereocenters. The fourth-order valence-electron chi connectivity index (χ4n) is 5.57. The highest BCUT2D eigenvalue weighted by Crippen LogP contribution is 2.40. The van der Waals surface area contributed by atoms with E-state index in [0.29, 0.717) is 41.9 Å². The number of benzene rings is 3. The van der Waals surface area contributed by atoms with Crippen LogP contribution in [0.15, 0.2) is 54.6 Å². The van der Waals surface area contributed by atoms with Gasteiger partial charge in [0.15, 0.2) is 11.6 Å². The monoisotopic (exact) mass is 510 g/mol. The molecule has 1 saturated carbocycles. The molecule has 4 rings (SSSR count).